The fraction of sp³-hybridized carbons (Fsp3) is 0.404. The summed E-state index contributed by atoms with van der Waals surface area (Å²) in [5.41, 5.74) is 17.1. The quantitative estimate of drug-likeness (QED) is 0.0367. The number of nitrogens with zero attached hydrogens (tertiary/aromatic N) is 9. The number of piperazine rings is 1. The summed E-state index contributed by atoms with van der Waals surface area (Å²) in [7, 11) is 0. The third kappa shape index (κ3) is 10.7. The Kier molecular flexibility index (Phi) is 15.2. The number of fused-ring (bicyclic) bond motifs is 2. The molecule has 67 heavy (non-hydrogen) atoms. The summed E-state index contributed by atoms with van der Waals surface area (Å²) >= 11 is 2.74. The summed E-state index contributed by atoms with van der Waals surface area (Å²) in [6.45, 7) is 21.9. The first-order valence-corrected chi connectivity index (χ1v) is 24.4. The summed E-state index contributed by atoms with van der Waals surface area (Å²) < 4.78 is 11.8. The zero-order chi connectivity index (χ0) is 48.1. The lowest BCUT2D eigenvalue weighted by atomic mass is 10.1. The van der Waals surface area contributed by atoms with E-state index < -0.39 is 17.7 Å². The number of nitrogens with two attached hydrogens (primary N) is 2. The minimum absolute atomic E-state index is 0.200. The van der Waals surface area contributed by atoms with Gasteiger partial charge < -0.3 is 30.2 Å². The molecular formula is C47H59N13O5S2. The van der Waals surface area contributed by atoms with Gasteiger partial charge in [0.05, 0.1) is 39.6 Å². The van der Waals surface area contributed by atoms with Crippen molar-refractivity contribution >= 4 is 80.7 Å². The van der Waals surface area contributed by atoms with Gasteiger partial charge in [-0.1, -0.05) is 39.5 Å². The van der Waals surface area contributed by atoms with Crippen LogP contribution in [0.1, 0.15) is 91.4 Å². The van der Waals surface area contributed by atoms with Gasteiger partial charge in [0.1, 0.15) is 21.8 Å². The number of hydrogen-bond donors (Lipinski definition) is 4. The van der Waals surface area contributed by atoms with Gasteiger partial charge in [-0.25, -0.2) is 15.0 Å². The first-order valence-electron chi connectivity index (χ1n) is 22.4. The van der Waals surface area contributed by atoms with Crippen LogP contribution in [0.25, 0.3) is 22.1 Å². The zero-order valence-corrected chi connectivity index (χ0v) is 40.8. The molecule has 7 rings (SSSR count). The molecule has 0 bridgehead atoms. The van der Waals surface area contributed by atoms with E-state index in [9.17, 15) is 19.2 Å². The summed E-state index contributed by atoms with van der Waals surface area (Å²) in [6, 6.07) is 8.27. The van der Waals surface area contributed by atoms with E-state index in [0.717, 1.165) is 54.7 Å². The maximum Gasteiger partial charge on any atom is 0.276 e. The van der Waals surface area contributed by atoms with E-state index in [2.05, 4.69) is 50.9 Å². The molecule has 0 unspecified atom stereocenters. The standard InChI is InChI=1S/C47H59N13O5S2/c1-9-33-41(67-30(7)50-33)45(64)54-47-52-35-24-32(43(49)62)26-38(66-8)40(35)59(47)16-12-11-15-58-39-34(51-46(58)53-44(63)36-22-28(5)55-60(36)10-2)23-31(42(48)61)25-37(39)65-21-13-14-56-17-19-57(20-18-56)29(6)27(3)4/h11-12,22-27H,6,9-10,13-21H2,1-5,7-8H3,(H2,48,61)(H2,49,62)(H,51,53,63)(H,52,54,64)/b12-11+. The van der Waals surface area contributed by atoms with E-state index >= 15 is 0 Å². The second kappa shape index (κ2) is 21.0. The highest BCUT2D eigenvalue weighted by atomic mass is 32.2. The number of carbonyl (C=O) groups excluding carboxylic acids is 4. The molecule has 0 saturated carbocycles. The van der Waals surface area contributed by atoms with Crippen molar-refractivity contribution in [2.24, 2.45) is 17.4 Å². The lowest BCUT2D eigenvalue weighted by Gasteiger charge is -2.38. The average molecular weight is 950 g/mol. The van der Waals surface area contributed by atoms with Crippen LogP contribution in [0.4, 0.5) is 11.9 Å². The Bertz CT molecular complexity index is 2880. The van der Waals surface area contributed by atoms with Crippen molar-refractivity contribution in [3.8, 4) is 5.75 Å². The monoisotopic (exact) mass is 949 g/mol. The summed E-state index contributed by atoms with van der Waals surface area (Å²) in [4.78, 5) is 72.9. The van der Waals surface area contributed by atoms with Gasteiger partial charge >= 0.3 is 0 Å². The van der Waals surface area contributed by atoms with Crippen LogP contribution in [-0.4, -0.2) is 113 Å². The molecule has 20 heteroatoms. The van der Waals surface area contributed by atoms with E-state index in [1.165, 1.54) is 23.1 Å². The number of nitrogens with one attached hydrogen (secondary N) is 2. The van der Waals surface area contributed by atoms with Gasteiger partial charge in [-0.2, -0.15) is 5.10 Å². The molecule has 1 aliphatic rings. The molecule has 354 valence electrons. The smallest absolute Gasteiger partial charge is 0.276 e. The molecule has 0 aliphatic carbocycles. The summed E-state index contributed by atoms with van der Waals surface area (Å²) in [5.74, 6) is -0.702. The summed E-state index contributed by atoms with van der Waals surface area (Å²) in [6.07, 6.45) is 7.03. The number of aryl methyl sites for hydroxylation is 4. The molecule has 0 atom stereocenters. The number of thioether (sulfide) groups is 1. The topological polar surface area (TPSA) is 226 Å². The van der Waals surface area contributed by atoms with Crippen molar-refractivity contribution in [1.29, 1.82) is 0 Å². The molecule has 5 heterocycles. The number of amides is 4. The number of thiazole rings is 1. The minimum Gasteiger partial charge on any atom is -0.491 e. The molecule has 1 saturated heterocycles. The number of rotatable bonds is 20. The van der Waals surface area contributed by atoms with E-state index in [-0.39, 0.29) is 36.5 Å². The van der Waals surface area contributed by atoms with E-state index in [1.807, 2.05) is 55.2 Å². The van der Waals surface area contributed by atoms with Crippen LogP contribution in [0.5, 0.6) is 5.75 Å². The number of carbonyl (C=O) groups is 4. The van der Waals surface area contributed by atoms with Gasteiger partial charge in [0, 0.05) is 74.1 Å². The second-order valence-corrected chi connectivity index (χ2v) is 18.7. The lowest BCUT2D eigenvalue weighted by Crippen LogP contribution is -2.46. The fourth-order valence-corrected chi connectivity index (χ4v) is 9.75. The molecular weight excluding hydrogens is 891 g/mol. The number of allylic oxidation sites excluding steroid dienone is 3. The lowest BCUT2D eigenvalue weighted by molar-refractivity contribution is 0.0991. The highest BCUT2D eigenvalue weighted by Gasteiger charge is 2.25. The highest BCUT2D eigenvalue weighted by Crippen LogP contribution is 2.34. The Morgan fingerprint density at radius 1 is 0.866 bits per heavy atom. The minimum atomic E-state index is -0.644. The Balaban J connectivity index is 1.21. The van der Waals surface area contributed by atoms with Crippen molar-refractivity contribution in [3.05, 3.63) is 92.9 Å². The van der Waals surface area contributed by atoms with Crippen molar-refractivity contribution in [2.45, 2.75) is 78.9 Å². The van der Waals surface area contributed by atoms with Crippen LogP contribution in [-0.2, 0) is 26.1 Å². The van der Waals surface area contributed by atoms with Gasteiger partial charge in [-0.15, -0.1) is 23.1 Å². The number of imidazole rings is 2. The maximum atomic E-state index is 13.9. The van der Waals surface area contributed by atoms with Crippen LogP contribution >= 0.6 is 23.1 Å². The molecule has 6 N–H and O–H groups in total. The van der Waals surface area contributed by atoms with Crippen molar-refractivity contribution < 1.29 is 23.9 Å². The molecule has 6 aromatic rings. The highest BCUT2D eigenvalue weighted by molar-refractivity contribution is 7.98. The predicted molar refractivity (Wildman–Crippen MR) is 264 cm³/mol. The van der Waals surface area contributed by atoms with Crippen molar-refractivity contribution in [3.63, 3.8) is 0 Å². The van der Waals surface area contributed by atoms with Gasteiger partial charge in [-0.3, -0.25) is 39.4 Å². The first kappa shape index (κ1) is 48.4. The first-order chi connectivity index (χ1) is 32.1. The molecule has 0 radical (unpaired) electrons. The average Bonchev–Trinajstić information content (AvgIpc) is 4.07. The van der Waals surface area contributed by atoms with Crippen LogP contribution in [0, 0.1) is 19.8 Å². The normalized spacial score (nSPS) is 13.3. The van der Waals surface area contributed by atoms with Crippen LogP contribution < -0.4 is 26.8 Å². The number of hydrogen-bond acceptors (Lipinski definition) is 13. The second-order valence-electron chi connectivity index (χ2n) is 16.6. The fourth-order valence-electron chi connectivity index (χ4n) is 8.19. The van der Waals surface area contributed by atoms with Crippen LogP contribution in [0.2, 0.25) is 0 Å². The molecule has 4 aromatic heterocycles. The SMILES string of the molecule is C=C(C(C)C)N1CCN(CCCOc2cc(C(N)=O)cc3nc(NC(=O)c4cc(C)nn4CC)n(C/C=C/Cn4c(NC(=O)c5sc(C)nc5CC)nc5cc(C(N)=O)cc(SC)c54)c23)CC1. The Morgan fingerprint density at radius 2 is 1.48 bits per heavy atom. The molecule has 1 aliphatic heterocycles. The largest absolute Gasteiger partial charge is 0.491 e. The number of ether oxygens (including phenoxy) is 1. The van der Waals surface area contributed by atoms with Crippen molar-refractivity contribution in [1.82, 2.24) is 43.7 Å². The number of benzene rings is 2. The van der Waals surface area contributed by atoms with Gasteiger partial charge in [-0.05, 0) is 76.1 Å². The molecule has 4 amide bonds. The Labute approximate surface area is 397 Å². The van der Waals surface area contributed by atoms with Gasteiger partial charge in [0.15, 0.2) is 0 Å². The van der Waals surface area contributed by atoms with Gasteiger partial charge in [0.2, 0.25) is 23.7 Å². The van der Waals surface area contributed by atoms with E-state index in [4.69, 9.17) is 26.2 Å². The number of anilines is 2. The summed E-state index contributed by atoms with van der Waals surface area (Å²) in [5, 5.41) is 11.2. The Hall–Kier alpha value is -6.51. The molecule has 2 aromatic carbocycles. The molecule has 1 fully saturated rings. The molecule has 18 nitrogen and oxygen atoms in total. The van der Waals surface area contributed by atoms with Crippen molar-refractivity contribution in [2.75, 3.05) is 56.2 Å². The maximum absolute atomic E-state index is 13.9. The zero-order valence-electron chi connectivity index (χ0n) is 39.1. The van der Waals surface area contributed by atoms with Crippen LogP contribution in [0.15, 0.2) is 59.7 Å². The van der Waals surface area contributed by atoms with Crippen LogP contribution in [0.3, 0.4) is 0 Å². The third-order valence-electron chi connectivity index (χ3n) is 11.7. The van der Waals surface area contributed by atoms with Gasteiger partial charge in [0.25, 0.3) is 11.8 Å². The van der Waals surface area contributed by atoms with E-state index in [0.29, 0.717) is 80.8 Å². The third-order valence-corrected chi connectivity index (χ3v) is 13.5. The number of primary amides is 2. The Morgan fingerprint density at radius 3 is 2.07 bits per heavy atom. The molecule has 0 spiro atoms. The predicted octanol–water partition coefficient (Wildman–Crippen LogP) is 6.48. The number of aromatic nitrogens is 7. The van der Waals surface area contributed by atoms with E-state index in [1.54, 1.807) is 35.0 Å².